The van der Waals surface area contributed by atoms with E-state index in [9.17, 15) is 36.3 Å². The van der Waals surface area contributed by atoms with Crippen LogP contribution in [0.25, 0.3) is 0 Å². The van der Waals surface area contributed by atoms with Crippen LogP contribution in [0, 0.1) is 0 Å². The summed E-state index contributed by atoms with van der Waals surface area (Å²) >= 11 is 0. The first kappa shape index (κ1) is 33.2. The Morgan fingerprint density at radius 1 is 0.911 bits per heavy atom. The molecule has 8 nitrogen and oxygen atoms in total. The van der Waals surface area contributed by atoms with Crippen molar-refractivity contribution in [2.45, 2.75) is 56.7 Å². The Bertz CT molecular complexity index is 1510. The van der Waals surface area contributed by atoms with E-state index in [1.54, 1.807) is 12.1 Å². The summed E-state index contributed by atoms with van der Waals surface area (Å²) in [4.78, 5) is 37.8. The van der Waals surface area contributed by atoms with E-state index >= 15 is 0 Å². The molecular weight excluding hydrogens is 601 g/mol. The first-order valence-electron chi connectivity index (χ1n) is 14.2. The lowest BCUT2D eigenvalue weighted by Gasteiger charge is -2.26. The lowest BCUT2D eigenvalue weighted by atomic mass is 9.84. The Balaban J connectivity index is 1.58. The van der Waals surface area contributed by atoms with Crippen molar-refractivity contribution in [3.8, 4) is 5.75 Å². The van der Waals surface area contributed by atoms with E-state index in [-0.39, 0.29) is 23.5 Å². The number of carbonyl (C=O) groups is 3. The molecule has 0 aliphatic heterocycles. The SMILES string of the molecule is COc1cc(NC(=O)N(Cc2ccc(C(=O)NCC(F)(F)C(=O)O)cc2)c2ccc(C3CCCCC3)cc2)cc(C(F)(F)F)c1. The topological polar surface area (TPSA) is 108 Å². The summed E-state index contributed by atoms with van der Waals surface area (Å²) in [6.45, 7) is -1.46. The number of ether oxygens (including phenoxy) is 1. The highest BCUT2D eigenvalue weighted by atomic mass is 19.4. The van der Waals surface area contributed by atoms with Crippen LogP contribution in [0.5, 0.6) is 5.75 Å². The Hall–Kier alpha value is -4.68. The fraction of sp³-hybridized carbons (Fsp3) is 0.344. The second-order valence-corrected chi connectivity index (χ2v) is 10.8. The van der Waals surface area contributed by atoms with Crippen LogP contribution in [0.4, 0.5) is 38.1 Å². The van der Waals surface area contributed by atoms with Gasteiger partial charge in [0, 0.05) is 23.0 Å². The zero-order valence-corrected chi connectivity index (χ0v) is 24.3. The van der Waals surface area contributed by atoms with Crippen molar-refractivity contribution in [1.82, 2.24) is 5.32 Å². The number of rotatable bonds is 10. The molecular formula is C32H32F5N3O5. The Kier molecular flexibility index (Phi) is 10.3. The van der Waals surface area contributed by atoms with Gasteiger partial charge in [-0.15, -0.1) is 0 Å². The summed E-state index contributed by atoms with van der Waals surface area (Å²) in [5.41, 5.74) is 0.935. The lowest BCUT2D eigenvalue weighted by molar-refractivity contribution is -0.163. The highest BCUT2D eigenvalue weighted by molar-refractivity contribution is 6.02. The van der Waals surface area contributed by atoms with Crippen LogP contribution in [0.3, 0.4) is 0 Å². The molecule has 13 heteroatoms. The summed E-state index contributed by atoms with van der Waals surface area (Å²) in [6, 6.07) is 15.1. The molecule has 3 aromatic carbocycles. The summed E-state index contributed by atoms with van der Waals surface area (Å²) in [6.07, 6.45) is 0.913. The van der Waals surface area contributed by atoms with Gasteiger partial charge >= 0.3 is 24.1 Å². The van der Waals surface area contributed by atoms with E-state index in [0.29, 0.717) is 17.2 Å². The monoisotopic (exact) mass is 633 g/mol. The third kappa shape index (κ3) is 8.70. The molecule has 1 saturated carbocycles. The van der Waals surface area contributed by atoms with Gasteiger partial charge in [0.1, 0.15) is 5.75 Å². The quantitative estimate of drug-likeness (QED) is 0.201. The summed E-state index contributed by atoms with van der Waals surface area (Å²) < 4.78 is 72.2. The zero-order chi connectivity index (χ0) is 32.8. The van der Waals surface area contributed by atoms with E-state index in [1.807, 2.05) is 17.4 Å². The third-order valence-corrected chi connectivity index (χ3v) is 7.59. The summed E-state index contributed by atoms with van der Waals surface area (Å²) in [7, 11) is 1.21. The van der Waals surface area contributed by atoms with Gasteiger partial charge in [-0.1, -0.05) is 43.5 Å². The molecule has 0 saturated heterocycles. The minimum atomic E-state index is -4.68. The van der Waals surface area contributed by atoms with Crippen molar-refractivity contribution in [2.24, 2.45) is 0 Å². The number of carbonyl (C=O) groups excluding carboxylic acids is 2. The van der Waals surface area contributed by atoms with Crippen LogP contribution < -0.4 is 20.3 Å². The maximum atomic E-state index is 13.6. The molecule has 0 radical (unpaired) electrons. The number of hydrogen-bond donors (Lipinski definition) is 3. The highest BCUT2D eigenvalue weighted by Gasteiger charge is 2.39. The standard InChI is InChI=1S/C32H32F5N3O5/c1-45-27-16-24(32(35,36)37)15-25(17-27)39-30(44)40(26-13-11-22(12-14-26)21-5-3-2-4-6-21)18-20-7-9-23(10-8-20)28(41)38-19-31(33,34)29(42)43/h7-17,21H,2-6,18-19H2,1H3,(H,38,41)(H,39,44)(H,42,43). The molecule has 1 fully saturated rings. The number of urea groups is 1. The van der Waals surface area contributed by atoms with Crippen LogP contribution >= 0.6 is 0 Å². The van der Waals surface area contributed by atoms with Crippen molar-refractivity contribution in [2.75, 3.05) is 23.9 Å². The highest BCUT2D eigenvalue weighted by Crippen LogP contribution is 2.35. The number of benzene rings is 3. The van der Waals surface area contributed by atoms with Crippen molar-refractivity contribution >= 4 is 29.3 Å². The summed E-state index contributed by atoms with van der Waals surface area (Å²) in [5.74, 6) is -7.12. The fourth-order valence-electron chi connectivity index (χ4n) is 5.10. The minimum absolute atomic E-state index is 0.0242. The van der Waals surface area contributed by atoms with Crippen molar-refractivity contribution < 1.29 is 46.2 Å². The molecule has 0 bridgehead atoms. The van der Waals surface area contributed by atoms with Gasteiger partial charge in [-0.2, -0.15) is 22.0 Å². The minimum Gasteiger partial charge on any atom is -0.497 e. The molecule has 0 atom stereocenters. The Morgan fingerprint density at radius 3 is 2.13 bits per heavy atom. The first-order valence-corrected chi connectivity index (χ1v) is 14.2. The molecule has 1 aliphatic rings. The van der Waals surface area contributed by atoms with Gasteiger partial charge in [-0.25, -0.2) is 9.59 Å². The molecule has 1 aliphatic carbocycles. The number of hydrogen-bond acceptors (Lipinski definition) is 4. The first-order chi connectivity index (χ1) is 21.3. The Labute approximate surface area is 256 Å². The van der Waals surface area contributed by atoms with Gasteiger partial charge in [0.25, 0.3) is 5.91 Å². The van der Waals surface area contributed by atoms with E-state index in [4.69, 9.17) is 9.84 Å². The normalized spacial score (nSPS) is 14.0. The van der Waals surface area contributed by atoms with E-state index in [0.717, 1.165) is 43.4 Å². The predicted octanol–water partition coefficient (Wildman–Crippen LogP) is 7.45. The second kappa shape index (κ2) is 14.0. The number of nitrogens with one attached hydrogen (secondary N) is 2. The molecule has 240 valence electrons. The second-order valence-electron chi connectivity index (χ2n) is 10.8. The number of nitrogens with zero attached hydrogens (tertiary/aromatic N) is 1. The van der Waals surface area contributed by atoms with Gasteiger partial charge in [-0.05, 0) is 66.3 Å². The van der Waals surface area contributed by atoms with Gasteiger partial charge in [-0.3, -0.25) is 9.69 Å². The van der Waals surface area contributed by atoms with Gasteiger partial charge in [0.15, 0.2) is 0 Å². The molecule has 3 amide bonds. The van der Waals surface area contributed by atoms with E-state index < -0.39 is 42.1 Å². The third-order valence-electron chi connectivity index (χ3n) is 7.59. The number of alkyl halides is 5. The van der Waals surface area contributed by atoms with Crippen LogP contribution in [0.15, 0.2) is 66.7 Å². The number of methoxy groups -OCH3 is 1. The smallest absolute Gasteiger partial charge is 0.416 e. The van der Waals surface area contributed by atoms with Crippen molar-refractivity contribution in [3.63, 3.8) is 0 Å². The number of amides is 3. The molecule has 3 aromatic rings. The Morgan fingerprint density at radius 2 is 1.56 bits per heavy atom. The van der Waals surface area contributed by atoms with Crippen LogP contribution in [0.1, 0.15) is 65.1 Å². The van der Waals surface area contributed by atoms with Gasteiger partial charge in [0.2, 0.25) is 0 Å². The van der Waals surface area contributed by atoms with Crippen molar-refractivity contribution in [3.05, 3.63) is 89.0 Å². The number of halogens is 5. The van der Waals surface area contributed by atoms with Crippen LogP contribution in [-0.4, -0.2) is 42.6 Å². The van der Waals surface area contributed by atoms with Gasteiger partial charge < -0.3 is 20.5 Å². The molecule has 0 unspecified atom stereocenters. The maximum Gasteiger partial charge on any atom is 0.416 e. The van der Waals surface area contributed by atoms with Crippen LogP contribution in [-0.2, 0) is 17.5 Å². The van der Waals surface area contributed by atoms with E-state index in [1.165, 1.54) is 48.8 Å². The van der Waals surface area contributed by atoms with Crippen LogP contribution in [0.2, 0.25) is 0 Å². The predicted molar refractivity (Wildman–Crippen MR) is 157 cm³/mol. The lowest BCUT2D eigenvalue weighted by Crippen LogP contribution is -2.42. The maximum absolute atomic E-state index is 13.6. The zero-order valence-electron chi connectivity index (χ0n) is 24.3. The molecule has 0 heterocycles. The number of aliphatic carboxylic acids is 1. The average molecular weight is 634 g/mol. The fourth-order valence-corrected chi connectivity index (χ4v) is 5.10. The molecule has 4 rings (SSSR count). The number of carboxylic acids is 1. The molecule has 0 aromatic heterocycles. The molecule has 45 heavy (non-hydrogen) atoms. The summed E-state index contributed by atoms with van der Waals surface area (Å²) in [5, 5.41) is 12.9. The van der Waals surface area contributed by atoms with Crippen molar-refractivity contribution in [1.29, 1.82) is 0 Å². The van der Waals surface area contributed by atoms with E-state index in [2.05, 4.69) is 5.32 Å². The number of carboxylic acid groups (broad SMARTS) is 1. The van der Waals surface area contributed by atoms with Gasteiger partial charge in [0.05, 0.1) is 25.8 Å². The largest absolute Gasteiger partial charge is 0.497 e. The molecule has 0 spiro atoms. The number of anilines is 2. The average Bonchev–Trinajstić information content (AvgIpc) is 3.02. The molecule has 3 N–H and O–H groups in total.